The van der Waals surface area contributed by atoms with Crippen LogP contribution in [-0.2, 0) is 11.3 Å². The Morgan fingerprint density at radius 2 is 1.65 bits per heavy atom. The van der Waals surface area contributed by atoms with E-state index in [2.05, 4.69) is 10.6 Å². The zero-order chi connectivity index (χ0) is 23.5. The van der Waals surface area contributed by atoms with Crippen LogP contribution in [0.2, 0.25) is 5.02 Å². The molecule has 2 amide bonds. The van der Waals surface area contributed by atoms with Crippen LogP contribution in [0.4, 0.5) is 4.79 Å². The third-order valence-corrected chi connectivity index (χ3v) is 6.73. The van der Waals surface area contributed by atoms with Crippen molar-refractivity contribution in [3.63, 3.8) is 0 Å². The van der Waals surface area contributed by atoms with Gasteiger partial charge >= 0.3 is 0 Å². The number of nitrogens with zero attached hydrogens (tertiary/aromatic N) is 2. The number of imide groups is 1. The molecule has 0 saturated carbocycles. The number of para-hydroxylation sites is 2. The maximum absolute atomic E-state index is 13.0. The number of amides is 2. The van der Waals surface area contributed by atoms with Crippen molar-refractivity contribution in [2.45, 2.75) is 6.54 Å². The monoisotopic (exact) mass is 488 g/mol. The van der Waals surface area contributed by atoms with Crippen molar-refractivity contribution in [3.05, 3.63) is 106 Å². The minimum Gasteiger partial charge on any atom is -0.492 e. The molecule has 1 saturated heterocycles. The van der Waals surface area contributed by atoms with Crippen molar-refractivity contribution in [2.24, 2.45) is 0 Å². The van der Waals surface area contributed by atoms with E-state index < -0.39 is 0 Å². The SMILES string of the molecule is O=C1S/C(=C\c2cn(Cc3ccc(Cl)cc3)c3ccccc23)C(=O)N1CCOc1ccccc1. The molecule has 0 unspecified atom stereocenters. The Morgan fingerprint density at radius 3 is 2.44 bits per heavy atom. The Labute approximate surface area is 206 Å². The quantitative estimate of drug-likeness (QED) is 0.280. The van der Waals surface area contributed by atoms with Crippen LogP contribution >= 0.6 is 23.4 Å². The first kappa shape index (κ1) is 22.3. The molecular weight excluding hydrogens is 468 g/mol. The summed E-state index contributed by atoms with van der Waals surface area (Å²) in [5.74, 6) is 0.416. The summed E-state index contributed by atoms with van der Waals surface area (Å²) in [7, 11) is 0. The minimum atomic E-state index is -0.291. The molecule has 3 aromatic carbocycles. The molecule has 7 heteroatoms. The van der Waals surface area contributed by atoms with E-state index in [0.29, 0.717) is 22.2 Å². The molecule has 1 aromatic heterocycles. The smallest absolute Gasteiger partial charge is 0.293 e. The molecule has 5 nitrogen and oxygen atoms in total. The summed E-state index contributed by atoms with van der Waals surface area (Å²) in [6.07, 6.45) is 3.83. The predicted octanol–water partition coefficient (Wildman–Crippen LogP) is 6.46. The Kier molecular flexibility index (Phi) is 6.43. The summed E-state index contributed by atoms with van der Waals surface area (Å²) in [5, 5.41) is 1.44. The van der Waals surface area contributed by atoms with E-state index in [4.69, 9.17) is 16.3 Å². The second-order valence-electron chi connectivity index (χ2n) is 7.85. The van der Waals surface area contributed by atoms with Crippen molar-refractivity contribution in [1.82, 2.24) is 9.47 Å². The number of carbonyl (C=O) groups is 2. The van der Waals surface area contributed by atoms with Gasteiger partial charge in [-0.15, -0.1) is 0 Å². The molecule has 4 aromatic rings. The minimum absolute atomic E-state index is 0.204. The topological polar surface area (TPSA) is 51.5 Å². The van der Waals surface area contributed by atoms with E-state index in [9.17, 15) is 9.59 Å². The summed E-state index contributed by atoms with van der Waals surface area (Å²) in [6.45, 7) is 1.12. The molecule has 1 aliphatic rings. The highest BCUT2D eigenvalue weighted by molar-refractivity contribution is 8.18. The summed E-state index contributed by atoms with van der Waals surface area (Å²) < 4.78 is 7.80. The van der Waals surface area contributed by atoms with Crippen LogP contribution in [0, 0.1) is 0 Å². The van der Waals surface area contributed by atoms with Gasteiger partial charge < -0.3 is 9.30 Å². The highest BCUT2D eigenvalue weighted by atomic mass is 35.5. The molecule has 0 aliphatic carbocycles. The zero-order valence-electron chi connectivity index (χ0n) is 18.2. The summed E-state index contributed by atoms with van der Waals surface area (Å²) in [5.41, 5.74) is 3.07. The normalized spacial score (nSPS) is 15.0. The summed E-state index contributed by atoms with van der Waals surface area (Å²) >= 11 is 6.99. The molecule has 5 rings (SSSR count). The van der Waals surface area contributed by atoms with E-state index in [1.54, 1.807) is 0 Å². The molecule has 1 aliphatic heterocycles. The van der Waals surface area contributed by atoms with Gasteiger partial charge in [0.05, 0.1) is 11.4 Å². The van der Waals surface area contributed by atoms with Crippen LogP contribution < -0.4 is 4.74 Å². The number of hydrogen-bond donors (Lipinski definition) is 0. The lowest BCUT2D eigenvalue weighted by Gasteiger charge is -2.13. The highest BCUT2D eigenvalue weighted by Gasteiger charge is 2.35. The Hall–Kier alpha value is -3.48. The molecule has 170 valence electrons. The van der Waals surface area contributed by atoms with Gasteiger partial charge in [0, 0.05) is 34.2 Å². The second-order valence-corrected chi connectivity index (χ2v) is 9.28. The van der Waals surface area contributed by atoms with Crippen LogP contribution in [0.5, 0.6) is 5.75 Å². The fourth-order valence-corrected chi connectivity index (χ4v) is 4.89. The first-order valence-corrected chi connectivity index (χ1v) is 12.0. The Bertz CT molecular complexity index is 1380. The largest absolute Gasteiger partial charge is 0.492 e. The van der Waals surface area contributed by atoms with Gasteiger partial charge in [-0.2, -0.15) is 0 Å². The Balaban J connectivity index is 1.36. The van der Waals surface area contributed by atoms with Gasteiger partial charge in [-0.3, -0.25) is 14.5 Å². The number of fused-ring (bicyclic) bond motifs is 1. The molecule has 0 bridgehead atoms. The molecule has 1 fully saturated rings. The number of ether oxygens (including phenoxy) is 1. The van der Waals surface area contributed by atoms with Gasteiger partial charge in [-0.25, -0.2) is 0 Å². The van der Waals surface area contributed by atoms with Gasteiger partial charge in [0.1, 0.15) is 12.4 Å². The third kappa shape index (κ3) is 4.74. The van der Waals surface area contributed by atoms with Gasteiger partial charge in [0.2, 0.25) is 0 Å². The van der Waals surface area contributed by atoms with Crippen molar-refractivity contribution in [1.29, 1.82) is 0 Å². The lowest BCUT2D eigenvalue weighted by molar-refractivity contribution is -0.123. The van der Waals surface area contributed by atoms with Crippen LogP contribution in [0.25, 0.3) is 17.0 Å². The van der Waals surface area contributed by atoms with Gasteiger partial charge in [-0.1, -0.05) is 60.1 Å². The maximum atomic E-state index is 13.0. The number of thioether (sulfide) groups is 1. The molecule has 34 heavy (non-hydrogen) atoms. The fourth-order valence-electron chi connectivity index (χ4n) is 3.91. The molecule has 0 spiro atoms. The van der Waals surface area contributed by atoms with Crippen molar-refractivity contribution < 1.29 is 14.3 Å². The van der Waals surface area contributed by atoms with E-state index in [1.807, 2.05) is 85.1 Å². The lowest BCUT2D eigenvalue weighted by atomic mass is 10.1. The average molecular weight is 489 g/mol. The van der Waals surface area contributed by atoms with Crippen molar-refractivity contribution in [3.8, 4) is 5.75 Å². The average Bonchev–Trinajstić information content (AvgIpc) is 3.33. The summed E-state index contributed by atoms with van der Waals surface area (Å²) in [6, 6.07) is 25.1. The predicted molar refractivity (Wildman–Crippen MR) is 137 cm³/mol. The number of aromatic nitrogens is 1. The van der Waals surface area contributed by atoms with E-state index in [1.165, 1.54) is 4.90 Å². The van der Waals surface area contributed by atoms with Gasteiger partial charge in [-0.05, 0) is 53.7 Å². The number of rotatable bonds is 7. The Morgan fingerprint density at radius 1 is 0.912 bits per heavy atom. The zero-order valence-corrected chi connectivity index (χ0v) is 19.8. The van der Waals surface area contributed by atoms with Crippen molar-refractivity contribution >= 4 is 51.5 Å². The highest BCUT2D eigenvalue weighted by Crippen LogP contribution is 2.34. The number of carbonyl (C=O) groups excluding carboxylic acids is 2. The lowest BCUT2D eigenvalue weighted by Crippen LogP contribution is -2.32. The van der Waals surface area contributed by atoms with Crippen LogP contribution in [0.15, 0.2) is 90.0 Å². The standard InChI is InChI=1S/C27H21ClN2O3S/c28-21-12-10-19(11-13-21)17-29-18-20(23-8-4-5-9-24(23)29)16-25-26(31)30(27(32)34-25)14-15-33-22-6-2-1-3-7-22/h1-13,16,18H,14-15,17H2/b25-16-. The molecule has 2 heterocycles. The maximum Gasteiger partial charge on any atom is 0.293 e. The van der Waals surface area contributed by atoms with Gasteiger partial charge in [0.15, 0.2) is 0 Å². The number of hydrogen-bond acceptors (Lipinski definition) is 4. The van der Waals surface area contributed by atoms with E-state index in [-0.39, 0.29) is 24.3 Å². The van der Waals surface area contributed by atoms with Crippen LogP contribution in [-0.4, -0.2) is 33.8 Å². The van der Waals surface area contributed by atoms with Crippen molar-refractivity contribution in [2.75, 3.05) is 13.2 Å². The third-order valence-electron chi connectivity index (χ3n) is 5.57. The molecule has 0 atom stereocenters. The summed E-state index contributed by atoms with van der Waals surface area (Å²) in [4.78, 5) is 27.1. The molecular formula is C27H21ClN2O3S. The van der Waals surface area contributed by atoms with Crippen LogP contribution in [0.1, 0.15) is 11.1 Å². The first-order chi connectivity index (χ1) is 16.6. The van der Waals surface area contributed by atoms with Gasteiger partial charge in [0.25, 0.3) is 11.1 Å². The first-order valence-electron chi connectivity index (χ1n) is 10.8. The van der Waals surface area contributed by atoms with E-state index >= 15 is 0 Å². The van der Waals surface area contributed by atoms with E-state index in [0.717, 1.165) is 33.8 Å². The van der Waals surface area contributed by atoms with Crippen LogP contribution in [0.3, 0.4) is 0 Å². The fraction of sp³-hybridized carbons (Fsp3) is 0.111. The molecule has 0 radical (unpaired) electrons. The molecule has 0 N–H and O–H groups in total. The second kappa shape index (κ2) is 9.79. The number of halogens is 1. The number of benzene rings is 3.